The highest BCUT2D eigenvalue weighted by molar-refractivity contribution is 6.34. The summed E-state index contributed by atoms with van der Waals surface area (Å²) >= 11 is 12.1. The molecule has 0 aliphatic carbocycles. The first-order chi connectivity index (χ1) is 12.0. The molecule has 0 aliphatic rings. The highest BCUT2D eigenvalue weighted by Crippen LogP contribution is 2.24. The predicted octanol–water partition coefficient (Wildman–Crippen LogP) is 3.75. The molecule has 0 aromatic heterocycles. The van der Waals surface area contributed by atoms with Gasteiger partial charge in [-0.1, -0.05) is 41.4 Å². The minimum Gasteiger partial charge on any atom is -0.399 e. The Labute approximate surface area is 156 Å². The molecule has 0 unspecified atom stereocenters. The van der Waals surface area contributed by atoms with Gasteiger partial charge in [-0.25, -0.2) is 0 Å². The van der Waals surface area contributed by atoms with Gasteiger partial charge in [0, 0.05) is 23.5 Å². The lowest BCUT2D eigenvalue weighted by Gasteiger charge is -2.08. The average Bonchev–Trinajstić information content (AvgIpc) is 2.59. The van der Waals surface area contributed by atoms with E-state index < -0.39 is 5.91 Å². The lowest BCUT2D eigenvalue weighted by atomic mass is 10.1. The summed E-state index contributed by atoms with van der Waals surface area (Å²) in [5.74, 6) is -0.556. The van der Waals surface area contributed by atoms with Gasteiger partial charge in [-0.15, -0.1) is 0 Å². The number of amides is 1. The fourth-order valence-electron chi connectivity index (χ4n) is 2.05. The van der Waals surface area contributed by atoms with Crippen molar-refractivity contribution in [1.29, 1.82) is 5.26 Å². The van der Waals surface area contributed by atoms with Gasteiger partial charge in [-0.2, -0.15) is 5.26 Å². The Hall–Kier alpha value is -2.68. The van der Waals surface area contributed by atoms with Crippen LogP contribution < -0.4 is 16.4 Å². The maximum Gasteiger partial charge on any atom is 0.267 e. The van der Waals surface area contributed by atoms with Gasteiger partial charge in [-0.05, 0) is 36.2 Å². The third-order valence-corrected chi connectivity index (χ3v) is 4.03. The van der Waals surface area contributed by atoms with Crippen molar-refractivity contribution in [1.82, 2.24) is 5.32 Å². The number of nitrogens with two attached hydrogens (primary N) is 1. The van der Waals surface area contributed by atoms with Crippen molar-refractivity contribution < 1.29 is 4.79 Å². The summed E-state index contributed by atoms with van der Waals surface area (Å²) in [6.07, 6.45) is 2.04. The topological polar surface area (TPSA) is 90.9 Å². The number of halogens is 2. The van der Waals surface area contributed by atoms with Crippen LogP contribution in [0.1, 0.15) is 5.56 Å². The van der Waals surface area contributed by atoms with E-state index in [2.05, 4.69) is 10.6 Å². The molecule has 0 aliphatic heterocycles. The standard InChI is InChI=1S/C18H16Cl2N4O/c19-15-4-2-1-3-12(15)7-8-23-11-13(10-21)18(25)24-17-6-5-14(22)9-16(17)20/h1-6,9,11,23H,7-8,22H2,(H,24,25)/b13-11-. The largest absolute Gasteiger partial charge is 0.399 e. The van der Waals surface area contributed by atoms with Crippen LogP contribution in [0.2, 0.25) is 10.0 Å². The van der Waals surface area contributed by atoms with E-state index in [1.807, 2.05) is 30.3 Å². The van der Waals surface area contributed by atoms with Gasteiger partial charge in [-0.3, -0.25) is 4.79 Å². The minimum atomic E-state index is -0.556. The second-order valence-corrected chi connectivity index (χ2v) is 5.97. The monoisotopic (exact) mass is 374 g/mol. The number of carbonyl (C=O) groups is 1. The van der Waals surface area contributed by atoms with Crippen LogP contribution in [0.15, 0.2) is 54.2 Å². The molecule has 0 spiro atoms. The Morgan fingerprint density at radius 2 is 1.96 bits per heavy atom. The Balaban J connectivity index is 1.94. The van der Waals surface area contributed by atoms with Gasteiger partial charge in [0.1, 0.15) is 11.6 Å². The first-order valence-electron chi connectivity index (χ1n) is 7.44. The molecule has 7 heteroatoms. The van der Waals surface area contributed by atoms with E-state index in [0.29, 0.717) is 34.4 Å². The molecule has 0 radical (unpaired) electrons. The van der Waals surface area contributed by atoms with Crippen molar-refractivity contribution >= 4 is 40.5 Å². The third kappa shape index (κ3) is 5.42. The molecule has 0 fully saturated rings. The third-order valence-electron chi connectivity index (χ3n) is 3.35. The Morgan fingerprint density at radius 3 is 2.64 bits per heavy atom. The van der Waals surface area contributed by atoms with Gasteiger partial charge in [0.25, 0.3) is 5.91 Å². The van der Waals surface area contributed by atoms with E-state index in [0.717, 1.165) is 5.56 Å². The molecule has 128 valence electrons. The van der Waals surface area contributed by atoms with E-state index >= 15 is 0 Å². The highest BCUT2D eigenvalue weighted by Gasteiger charge is 2.11. The molecule has 2 aromatic carbocycles. The van der Waals surface area contributed by atoms with Crippen molar-refractivity contribution in [2.24, 2.45) is 0 Å². The Kier molecular flexibility index (Phi) is 6.70. The maximum atomic E-state index is 12.1. The molecule has 25 heavy (non-hydrogen) atoms. The first-order valence-corrected chi connectivity index (χ1v) is 8.20. The molecule has 0 saturated carbocycles. The van der Waals surface area contributed by atoms with Crippen molar-refractivity contribution in [2.45, 2.75) is 6.42 Å². The maximum absolute atomic E-state index is 12.1. The van der Waals surface area contributed by atoms with Gasteiger partial charge < -0.3 is 16.4 Å². The molecule has 4 N–H and O–H groups in total. The second-order valence-electron chi connectivity index (χ2n) is 5.16. The number of nitriles is 1. The van der Waals surface area contributed by atoms with Gasteiger partial charge in [0.15, 0.2) is 0 Å². The quantitative estimate of drug-likeness (QED) is 0.310. The molecule has 1 amide bonds. The normalized spacial score (nSPS) is 10.8. The zero-order valence-electron chi connectivity index (χ0n) is 13.2. The number of rotatable bonds is 6. The highest BCUT2D eigenvalue weighted by atomic mass is 35.5. The summed E-state index contributed by atoms with van der Waals surface area (Å²) < 4.78 is 0. The molecule has 2 rings (SSSR count). The number of benzene rings is 2. The van der Waals surface area contributed by atoms with E-state index in [-0.39, 0.29) is 5.57 Å². The van der Waals surface area contributed by atoms with Crippen LogP contribution in [0.3, 0.4) is 0 Å². The minimum absolute atomic E-state index is 0.0629. The van der Waals surface area contributed by atoms with Crippen molar-refractivity contribution in [3.63, 3.8) is 0 Å². The van der Waals surface area contributed by atoms with E-state index in [4.69, 9.17) is 34.2 Å². The molecule has 0 heterocycles. The summed E-state index contributed by atoms with van der Waals surface area (Å²) in [6.45, 7) is 0.533. The molecule has 5 nitrogen and oxygen atoms in total. The average molecular weight is 375 g/mol. The summed E-state index contributed by atoms with van der Waals surface area (Å²) in [4.78, 5) is 12.1. The zero-order valence-corrected chi connectivity index (χ0v) is 14.7. The van der Waals surface area contributed by atoms with Gasteiger partial charge >= 0.3 is 0 Å². The lowest BCUT2D eigenvalue weighted by Crippen LogP contribution is -2.18. The van der Waals surface area contributed by atoms with Gasteiger partial charge in [0.2, 0.25) is 0 Å². The number of nitrogen functional groups attached to an aromatic ring is 1. The van der Waals surface area contributed by atoms with Crippen LogP contribution >= 0.6 is 23.2 Å². The number of carbonyl (C=O) groups excluding carboxylic acids is 1. The number of hydrogen-bond donors (Lipinski definition) is 3. The predicted molar refractivity (Wildman–Crippen MR) is 101 cm³/mol. The van der Waals surface area contributed by atoms with Crippen molar-refractivity contribution in [3.05, 3.63) is 69.8 Å². The van der Waals surface area contributed by atoms with Gasteiger partial charge in [0.05, 0.1) is 10.7 Å². The molecule has 0 saturated heterocycles. The zero-order chi connectivity index (χ0) is 18.2. The molecule has 0 bridgehead atoms. The van der Waals surface area contributed by atoms with Crippen LogP contribution in [-0.2, 0) is 11.2 Å². The summed E-state index contributed by atoms with van der Waals surface area (Å²) in [7, 11) is 0. The second kappa shape index (κ2) is 8.97. The summed E-state index contributed by atoms with van der Waals surface area (Å²) in [5, 5.41) is 15.7. The van der Waals surface area contributed by atoms with E-state index in [9.17, 15) is 4.79 Å². The van der Waals surface area contributed by atoms with Crippen molar-refractivity contribution in [3.8, 4) is 6.07 Å². The molecule has 2 aromatic rings. The summed E-state index contributed by atoms with van der Waals surface area (Å²) in [6, 6.07) is 14.1. The molecular weight excluding hydrogens is 359 g/mol. The Bertz CT molecular complexity index is 843. The van der Waals surface area contributed by atoms with Crippen LogP contribution in [-0.4, -0.2) is 12.5 Å². The fourth-order valence-corrected chi connectivity index (χ4v) is 2.52. The Morgan fingerprint density at radius 1 is 1.20 bits per heavy atom. The lowest BCUT2D eigenvalue weighted by molar-refractivity contribution is -0.112. The first kappa shape index (κ1) is 18.7. The van der Waals surface area contributed by atoms with E-state index in [1.54, 1.807) is 12.1 Å². The van der Waals surface area contributed by atoms with Crippen LogP contribution in [0.4, 0.5) is 11.4 Å². The number of nitrogens with zero attached hydrogens (tertiary/aromatic N) is 1. The molecular formula is C18H16Cl2N4O. The summed E-state index contributed by atoms with van der Waals surface area (Å²) in [5.41, 5.74) is 7.40. The smallest absolute Gasteiger partial charge is 0.267 e. The number of hydrogen-bond acceptors (Lipinski definition) is 4. The SMILES string of the molecule is N#C/C(=C/NCCc1ccccc1Cl)C(=O)Nc1ccc(N)cc1Cl. The molecule has 0 atom stereocenters. The van der Waals surface area contributed by atoms with Crippen LogP contribution in [0.5, 0.6) is 0 Å². The van der Waals surface area contributed by atoms with Crippen LogP contribution in [0.25, 0.3) is 0 Å². The number of anilines is 2. The van der Waals surface area contributed by atoms with E-state index in [1.165, 1.54) is 12.3 Å². The number of nitrogens with one attached hydrogen (secondary N) is 2. The van der Waals surface area contributed by atoms with Crippen molar-refractivity contribution in [2.75, 3.05) is 17.6 Å². The van der Waals surface area contributed by atoms with Crippen LogP contribution in [0, 0.1) is 11.3 Å². The fraction of sp³-hybridized carbons (Fsp3) is 0.111.